The van der Waals surface area contributed by atoms with E-state index < -0.39 is 10.0 Å². The van der Waals surface area contributed by atoms with Crippen molar-refractivity contribution in [3.8, 4) is 0 Å². The van der Waals surface area contributed by atoms with Crippen LogP contribution in [0.25, 0.3) is 0 Å². The minimum absolute atomic E-state index is 0.0269. The molecule has 0 aliphatic carbocycles. The molecule has 1 heterocycles. The van der Waals surface area contributed by atoms with E-state index in [2.05, 4.69) is 10.6 Å². The Morgan fingerprint density at radius 3 is 2.45 bits per heavy atom. The highest BCUT2D eigenvalue weighted by Crippen LogP contribution is 2.14. The molecule has 0 unspecified atom stereocenters. The van der Waals surface area contributed by atoms with Crippen LogP contribution in [0.3, 0.4) is 0 Å². The molecule has 1 aromatic rings. The molecule has 1 aromatic carbocycles. The Kier molecular flexibility index (Phi) is 5.79. The standard InChI is InChI=1S/C15H23N3O3S/c1-2-22(20,21)18-10-8-14(9-11-18)17-15(19)16-12-13-6-4-3-5-7-13/h3-7,14H,2,8-12H2,1H3,(H2,16,17,19). The lowest BCUT2D eigenvalue weighted by molar-refractivity contribution is 0.227. The minimum atomic E-state index is -3.11. The number of urea groups is 1. The second-order valence-corrected chi connectivity index (χ2v) is 7.64. The van der Waals surface area contributed by atoms with E-state index in [1.807, 2.05) is 30.3 Å². The van der Waals surface area contributed by atoms with E-state index >= 15 is 0 Å². The van der Waals surface area contributed by atoms with E-state index in [4.69, 9.17) is 0 Å². The molecule has 1 aliphatic heterocycles. The van der Waals surface area contributed by atoms with Gasteiger partial charge in [0.25, 0.3) is 0 Å². The zero-order valence-electron chi connectivity index (χ0n) is 12.8. The Labute approximate surface area is 131 Å². The van der Waals surface area contributed by atoms with Gasteiger partial charge < -0.3 is 10.6 Å². The van der Waals surface area contributed by atoms with Crippen LogP contribution in [0.1, 0.15) is 25.3 Å². The summed E-state index contributed by atoms with van der Waals surface area (Å²) >= 11 is 0. The number of nitrogens with one attached hydrogen (secondary N) is 2. The lowest BCUT2D eigenvalue weighted by Gasteiger charge is -2.31. The zero-order valence-corrected chi connectivity index (χ0v) is 13.6. The van der Waals surface area contributed by atoms with Gasteiger partial charge in [0.05, 0.1) is 5.75 Å². The van der Waals surface area contributed by atoms with Crippen LogP contribution in [-0.2, 0) is 16.6 Å². The second kappa shape index (κ2) is 7.60. The molecule has 2 amide bonds. The van der Waals surface area contributed by atoms with Crippen LogP contribution in [0.5, 0.6) is 0 Å². The van der Waals surface area contributed by atoms with Crippen LogP contribution in [0.4, 0.5) is 4.79 Å². The minimum Gasteiger partial charge on any atom is -0.335 e. The Morgan fingerprint density at radius 2 is 1.86 bits per heavy atom. The van der Waals surface area contributed by atoms with Gasteiger partial charge in [-0.15, -0.1) is 0 Å². The summed E-state index contributed by atoms with van der Waals surface area (Å²) < 4.78 is 25.0. The molecule has 22 heavy (non-hydrogen) atoms. The molecule has 0 saturated carbocycles. The molecule has 0 radical (unpaired) electrons. The molecule has 0 atom stereocenters. The summed E-state index contributed by atoms with van der Waals surface area (Å²) in [7, 11) is -3.11. The van der Waals surface area contributed by atoms with Crippen molar-refractivity contribution in [2.75, 3.05) is 18.8 Å². The van der Waals surface area contributed by atoms with Gasteiger partial charge in [0.15, 0.2) is 0 Å². The number of piperidine rings is 1. The van der Waals surface area contributed by atoms with E-state index in [0.29, 0.717) is 32.5 Å². The molecule has 1 saturated heterocycles. The first kappa shape index (κ1) is 16.8. The van der Waals surface area contributed by atoms with Crippen LogP contribution in [0.2, 0.25) is 0 Å². The first-order chi connectivity index (χ1) is 10.5. The number of rotatable bonds is 5. The summed E-state index contributed by atoms with van der Waals surface area (Å²) in [6, 6.07) is 9.52. The Morgan fingerprint density at radius 1 is 1.23 bits per heavy atom. The number of hydrogen-bond acceptors (Lipinski definition) is 3. The fourth-order valence-corrected chi connectivity index (χ4v) is 3.61. The summed E-state index contributed by atoms with van der Waals surface area (Å²) in [6.45, 7) is 3.08. The van der Waals surface area contributed by atoms with Crippen LogP contribution in [0.15, 0.2) is 30.3 Å². The van der Waals surface area contributed by atoms with Crippen molar-refractivity contribution in [1.82, 2.24) is 14.9 Å². The fourth-order valence-electron chi connectivity index (χ4n) is 2.48. The number of carbonyl (C=O) groups is 1. The number of hydrogen-bond donors (Lipinski definition) is 2. The van der Waals surface area contributed by atoms with E-state index in [0.717, 1.165) is 5.56 Å². The van der Waals surface area contributed by atoms with Crippen molar-refractivity contribution in [2.24, 2.45) is 0 Å². The van der Waals surface area contributed by atoms with Gasteiger partial charge in [-0.2, -0.15) is 0 Å². The van der Waals surface area contributed by atoms with Gasteiger partial charge in [-0.3, -0.25) is 0 Å². The van der Waals surface area contributed by atoms with Gasteiger partial charge >= 0.3 is 6.03 Å². The van der Waals surface area contributed by atoms with Gasteiger partial charge in [-0.1, -0.05) is 30.3 Å². The average Bonchev–Trinajstić information content (AvgIpc) is 2.54. The topological polar surface area (TPSA) is 78.5 Å². The smallest absolute Gasteiger partial charge is 0.315 e. The van der Waals surface area contributed by atoms with Crippen molar-refractivity contribution in [2.45, 2.75) is 32.4 Å². The lowest BCUT2D eigenvalue weighted by Crippen LogP contribution is -2.49. The third-order valence-corrected chi connectivity index (χ3v) is 5.72. The molecule has 0 bridgehead atoms. The summed E-state index contributed by atoms with van der Waals surface area (Å²) in [5, 5.41) is 5.72. The van der Waals surface area contributed by atoms with Gasteiger partial charge in [0.2, 0.25) is 10.0 Å². The highest BCUT2D eigenvalue weighted by molar-refractivity contribution is 7.89. The zero-order chi connectivity index (χ0) is 16.0. The van der Waals surface area contributed by atoms with Crippen LogP contribution in [0, 0.1) is 0 Å². The van der Waals surface area contributed by atoms with Gasteiger partial charge in [0.1, 0.15) is 0 Å². The predicted octanol–water partition coefficient (Wildman–Crippen LogP) is 1.30. The number of sulfonamides is 1. The van der Waals surface area contributed by atoms with Gasteiger partial charge in [0, 0.05) is 25.7 Å². The van der Waals surface area contributed by atoms with Gasteiger partial charge in [-0.05, 0) is 25.3 Å². The van der Waals surface area contributed by atoms with Crippen molar-refractivity contribution in [3.63, 3.8) is 0 Å². The molecular weight excluding hydrogens is 302 g/mol. The van der Waals surface area contributed by atoms with Crippen LogP contribution >= 0.6 is 0 Å². The van der Waals surface area contributed by atoms with E-state index in [9.17, 15) is 13.2 Å². The lowest BCUT2D eigenvalue weighted by atomic mass is 10.1. The molecule has 1 aliphatic rings. The maximum absolute atomic E-state index is 11.9. The van der Waals surface area contributed by atoms with Crippen molar-refractivity contribution < 1.29 is 13.2 Å². The summed E-state index contributed by atoms with van der Waals surface area (Å²) in [5.74, 6) is 0.128. The Balaban J connectivity index is 1.73. The molecule has 122 valence electrons. The number of amides is 2. The molecule has 0 aromatic heterocycles. The van der Waals surface area contributed by atoms with Crippen molar-refractivity contribution >= 4 is 16.1 Å². The molecule has 2 rings (SSSR count). The third kappa shape index (κ3) is 4.71. The van der Waals surface area contributed by atoms with Crippen molar-refractivity contribution in [3.05, 3.63) is 35.9 Å². The summed E-state index contributed by atoms with van der Waals surface area (Å²) in [6.07, 6.45) is 1.30. The van der Waals surface area contributed by atoms with E-state index in [-0.39, 0.29) is 17.8 Å². The van der Waals surface area contributed by atoms with Crippen molar-refractivity contribution in [1.29, 1.82) is 0 Å². The summed E-state index contributed by atoms with van der Waals surface area (Å²) in [4.78, 5) is 11.9. The molecule has 7 heteroatoms. The molecule has 6 nitrogen and oxygen atoms in total. The molecular formula is C15H23N3O3S. The highest BCUT2D eigenvalue weighted by atomic mass is 32.2. The van der Waals surface area contributed by atoms with E-state index in [1.165, 1.54) is 4.31 Å². The Hall–Kier alpha value is -1.60. The van der Waals surface area contributed by atoms with Gasteiger partial charge in [-0.25, -0.2) is 17.5 Å². The number of nitrogens with zero attached hydrogens (tertiary/aromatic N) is 1. The maximum Gasteiger partial charge on any atom is 0.315 e. The Bertz CT molecular complexity index is 581. The second-order valence-electron chi connectivity index (χ2n) is 5.39. The predicted molar refractivity (Wildman–Crippen MR) is 85.9 cm³/mol. The SMILES string of the molecule is CCS(=O)(=O)N1CCC(NC(=O)NCc2ccccc2)CC1. The molecule has 0 spiro atoms. The normalized spacial score (nSPS) is 17.1. The first-order valence-electron chi connectivity index (χ1n) is 7.57. The molecule has 2 N–H and O–H groups in total. The molecule has 1 fully saturated rings. The maximum atomic E-state index is 11.9. The number of benzene rings is 1. The quantitative estimate of drug-likeness (QED) is 0.856. The monoisotopic (exact) mass is 325 g/mol. The van der Waals surface area contributed by atoms with E-state index in [1.54, 1.807) is 6.92 Å². The average molecular weight is 325 g/mol. The van der Waals surface area contributed by atoms with Crippen LogP contribution in [-0.4, -0.2) is 43.6 Å². The first-order valence-corrected chi connectivity index (χ1v) is 9.18. The summed E-state index contributed by atoms with van der Waals surface area (Å²) in [5.41, 5.74) is 1.04. The number of carbonyl (C=O) groups excluding carboxylic acids is 1. The van der Waals surface area contributed by atoms with Crippen LogP contribution < -0.4 is 10.6 Å². The largest absolute Gasteiger partial charge is 0.335 e. The fraction of sp³-hybridized carbons (Fsp3) is 0.533. The third-order valence-electron chi connectivity index (χ3n) is 3.84. The highest BCUT2D eigenvalue weighted by Gasteiger charge is 2.27.